The van der Waals surface area contributed by atoms with Crippen LogP contribution in [0.4, 0.5) is 0 Å². The van der Waals surface area contributed by atoms with Crippen LogP contribution in [0, 0.1) is 5.92 Å². The lowest BCUT2D eigenvalue weighted by molar-refractivity contribution is -0.184. The second-order valence-electron chi connectivity index (χ2n) is 7.41. The molecule has 4 heteroatoms. The molecular weight excluding hydrogens is 290 g/mol. The molecule has 0 aromatic heterocycles. The highest BCUT2D eigenvalue weighted by atomic mass is 16.8. The van der Waals surface area contributed by atoms with Crippen molar-refractivity contribution in [2.75, 3.05) is 6.61 Å². The highest BCUT2D eigenvalue weighted by Crippen LogP contribution is 2.54. The van der Waals surface area contributed by atoms with Crippen molar-refractivity contribution < 1.29 is 14.3 Å². The minimum atomic E-state index is -0.542. The van der Waals surface area contributed by atoms with E-state index in [4.69, 9.17) is 14.3 Å². The molecule has 0 spiro atoms. The molecule has 1 saturated carbocycles. The lowest BCUT2D eigenvalue weighted by Gasteiger charge is -2.30. The fourth-order valence-electron chi connectivity index (χ4n) is 4.56. The zero-order valence-electron chi connectivity index (χ0n) is 13.9. The molecule has 0 amide bonds. The van der Waals surface area contributed by atoms with Crippen molar-refractivity contribution in [3.8, 4) is 0 Å². The van der Waals surface area contributed by atoms with Crippen LogP contribution in [-0.2, 0) is 20.9 Å². The maximum atomic E-state index is 6.36. The Morgan fingerprint density at radius 2 is 2.09 bits per heavy atom. The molecule has 4 rings (SSSR count). The molecule has 2 heterocycles. The Kier molecular flexibility index (Phi) is 3.61. The van der Waals surface area contributed by atoms with Crippen LogP contribution in [0.15, 0.2) is 43.0 Å². The maximum Gasteiger partial charge on any atom is 0.164 e. The summed E-state index contributed by atoms with van der Waals surface area (Å²) in [6.07, 6.45) is 3.80. The standard InChI is InChI=1S/C19H25NO3/c1-4-10-19-11-15-13-21-20(12-14-8-6-5-7-9-14)16(15)17(19)22-18(2,3)23-19/h4-9,15-17H,1,10-13H2,2-3H3/t15-,16+,17-,19+/m1/s1. The Morgan fingerprint density at radius 1 is 1.30 bits per heavy atom. The van der Waals surface area contributed by atoms with Crippen LogP contribution < -0.4 is 0 Å². The van der Waals surface area contributed by atoms with Crippen molar-refractivity contribution >= 4 is 0 Å². The fourth-order valence-corrected chi connectivity index (χ4v) is 4.56. The van der Waals surface area contributed by atoms with Crippen LogP contribution in [0.5, 0.6) is 0 Å². The van der Waals surface area contributed by atoms with E-state index in [0.29, 0.717) is 5.92 Å². The van der Waals surface area contributed by atoms with E-state index in [-0.39, 0.29) is 17.7 Å². The van der Waals surface area contributed by atoms with E-state index in [0.717, 1.165) is 26.0 Å². The van der Waals surface area contributed by atoms with Gasteiger partial charge in [0.2, 0.25) is 0 Å². The summed E-state index contributed by atoms with van der Waals surface area (Å²) < 4.78 is 12.7. The lowest BCUT2D eigenvalue weighted by atomic mass is 9.94. The van der Waals surface area contributed by atoms with E-state index >= 15 is 0 Å². The molecule has 23 heavy (non-hydrogen) atoms. The van der Waals surface area contributed by atoms with Gasteiger partial charge in [-0.25, -0.2) is 0 Å². The van der Waals surface area contributed by atoms with Gasteiger partial charge in [-0.1, -0.05) is 36.4 Å². The summed E-state index contributed by atoms with van der Waals surface area (Å²) in [7, 11) is 0. The van der Waals surface area contributed by atoms with Crippen LogP contribution >= 0.6 is 0 Å². The molecule has 1 aliphatic carbocycles. The first-order valence-corrected chi connectivity index (χ1v) is 8.45. The van der Waals surface area contributed by atoms with Gasteiger partial charge in [0.15, 0.2) is 5.79 Å². The Hall–Kier alpha value is -1.20. The summed E-state index contributed by atoms with van der Waals surface area (Å²) in [4.78, 5) is 6.00. The number of ether oxygens (including phenoxy) is 2. The van der Waals surface area contributed by atoms with Crippen molar-refractivity contribution in [1.29, 1.82) is 0 Å². The fraction of sp³-hybridized carbons (Fsp3) is 0.579. The smallest absolute Gasteiger partial charge is 0.164 e. The average Bonchev–Trinajstić information content (AvgIpc) is 3.07. The summed E-state index contributed by atoms with van der Waals surface area (Å²) in [5, 5.41) is 2.11. The molecule has 0 N–H and O–H groups in total. The van der Waals surface area contributed by atoms with Gasteiger partial charge in [0.1, 0.15) is 11.7 Å². The molecule has 2 aliphatic heterocycles. The second-order valence-corrected chi connectivity index (χ2v) is 7.41. The maximum absolute atomic E-state index is 6.36. The van der Waals surface area contributed by atoms with Crippen LogP contribution in [-0.4, -0.2) is 35.2 Å². The third-order valence-corrected chi connectivity index (χ3v) is 5.24. The van der Waals surface area contributed by atoms with Crippen LogP contribution in [0.3, 0.4) is 0 Å². The zero-order valence-corrected chi connectivity index (χ0v) is 13.9. The van der Waals surface area contributed by atoms with Gasteiger partial charge in [-0.15, -0.1) is 6.58 Å². The first kappa shape index (κ1) is 15.3. The Balaban J connectivity index is 1.59. The van der Waals surface area contributed by atoms with Gasteiger partial charge in [0.25, 0.3) is 0 Å². The molecule has 0 bridgehead atoms. The predicted octanol–water partition coefficient (Wildman–Crippen LogP) is 3.29. The van der Waals surface area contributed by atoms with E-state index in [1.54, 1.807) is 0 Å². The minimum absolute atomic E-state index is 0.0340. The van der Waals surface area contributed by atoms with E-state index in [1.807, 2.05) is 26.0 Å². The van der Waals surface area contributed by atoms with Gasteiger partial charge < -0.3 is 9.47 Å². The van der Waals surface area contributed by atoms with Gasteiger partial charge in [0.05, 0.1) is 12.6 Å². The van der Waals surface area contributed by atoms with Crippen molar-refractivity contribution in [2.45, 2.75) is 56.8 Å². The topological polar surface area (TPSA) is 30.9 Å². The molecule has 0 unspecified atom stereocenters. The minimum Gasteiger partial charge on any atom is -0.342 e. The zero-order chi connectivity index (χ0) is 16.1. The summed E-state index contributed by atoms with van der Waals surface area (Å²) in [5.41, 5.74) is 1.01. The molecule has 2 saturated heterocycles. The first-order chi connectivity index (χ1) is 11.0. The highest BCUT2D eigenvalue weighted by Gasteiger charge is 2.65. The molecule has 4 atom stereocenters. The number of nitrogens with zero attached hydrogens (tertiary/aromatic N) is 1. The number of rotatable bonds is 4. The van der Waals surface area contributed by atoms with E-state index in [2.05, 4.69) is 35.9 Å². The summed E-state index contributed by atoms with van der Waals surface area (Å²) >= 11 is 0. The summed E-state index contributed by atoms with van der Waals surface area (Å²) in [6, 6.07) is 10.7. The van der Waals surface area contributed by atoms with Gasteiger partial charge in [0, 0.05) is 12.5 Å². The number of hydrogen-bond donors (Lipinski definition) is 0. The number of hydroxylamine groups is 2. The van der Waals surface area contributed by atoms with Gasteiger partial charge in [-0.3, -0.25) is 4.84 Å². The van der Waals surface area contributed by atoms with E-state index < -0.39 is 5.79 Å². The van der Waals surface area contributed by atoms with Gasteiger partial charge >= 0.3 is 0 Å². The number of fused-ring (bicyclic) bond motifs is 3. The Labute approximate surface area is 138 Å². The van der Waals surface area contributed by atoms with Crippen LogP contribution in [0.25, 0.3) is 0 Å². The monoisotopic (exact) mass is 315 g/mol. The average molecular weight is 315 g/mol. The van der Waals surface area contributed by atoms with Crippen molar-refractivity contribution in [2.24, 2.45) is 5.92 Å². The van der Waals surface area contributed by atoms with E-state index in [1.165, 1.54) is 5.56 Å². The highest BCUT2D eigenvalue weighted by molar-refractivity contribution is 5.17. The molecule has 4 nitrogen and oxygen atoms in total. The van der Waals surface area contributed by atoms with Gasteiger partial charge in [-0.05, 0) is 32.3 Å². The number of hydrogen-bond acceptors (Lipinski definition) is 4. The van der Waals surface area contributed by atoms with Gasteiger partial charge in [-0.2, -0.15) is 5.06 Å². The Bertz CT molecular complexity index is 588. The molecule has 1 aromatic carbocycles. The quantitative estimate of drug-likeness (QED) is 0.798. The third-order valence-electron chi connectivity index (χ3n) is 5.24. The first-order valence-electron chi connectivity index (χ1n) is 8.45. The summed E-state index contributed by atoms with van der Waals surface area (Å²) in [6.45, 7) is 9.47. The normalized spacial score (nSPS) is 38.4. The molecule has 3 fully saturated rings. The lowest BCUT2D eigenvalue weighted by Crippen LogP contribution is -2.45. The van der Waals surface area contributed by atoms with Crippen LogP contribution in [0.1, 0.15) is 32.3 Å². The van der Waals surface area contributed by atoms with E-state index in [9.17, 15) is 0 Å². The molecule has 3 aliphatic rings. The predicted molar refractivity (Wildman–Crippen MR) is 87.4 cm³/mol. The SMILES string of the molecule is C=CC[C@]12C[C@@H]3CON(Cc4ccccc4)[C@@H]3[C@H]1OC(C)(C)O2. The second kappa shape index (κ2) is 5.42. The van der Waals surface area contributed by atoms with Crippen LogP contribution in [0.2, 0.25) is 0 Å². The Morgan fingerprint density at radius 3 is 2.83 bits per heavy atom. The third kappa shape index (κ3) is 2.54. The molecule has 0 radical (unpaired) electrons. The molecule has 124 valence electrons. The summed E-state index contributed by atoms with van der Waals surface area (Å²) in [5.74, 6) is -0.0839. The molecular formula is C19H25NO3. The van der Waals surface area contributed by atoms with Crippen molar-refractivity contribution in [3.63, 3.8) is 0 Å². The van der Waals surface area contributed by atoms with Crippen molar-refractivity contribution in [3.05, 3.63) is 48.6 Å². The van der Waals surface area contributed by atoms with Crippen molar-refractivity contribution in [1.82, 2.24) is 5.06 Å². The molecule has 1 aromatic rings. The largest absolute Gasteiger partial charge is 0.342 e. The number of benzene rings is 1.